The fourth-order valence-corrected chi connectivity index (χ4v) is 5.17. The van der Waals surface area contributed by atoms with Crippen LogP contribution in [0.25, 0.3) is 28.2 Å². The molecule has 1 aliphatic heterocycles. The van der Waals surface area contributed by atoms with E-state index in [1.165, 1.54) is 27.9 Å². The van der Waals surface area contributed by atoms with Crippen molar-refractivity contribution in [3.63, 3.8) is 0 Å². The summed E-state index contributed by atoms with van der Waals surface area (Å²) < 4.78 is 18.5. The maximum atomic E-state index is 13.9. The molecule has 1 aromatic heterocycles. The van der Waals surface area contributed by atoms with Gasteiger partial charge in [0, 0.05) is 16.7 Å². The number of imidazole rings is 1. The number of fused-ring (bicyclic) bond motifs is 3. The minimum atomic E-state index is -0.167. The second-order valence-electron chi connectivity index (χ2n) is 10.1. The van der Waals surface area contributed by atoms with Gasteiger partial charge in [-0.2, -0.15) is 4.57 Å². The molecule has 0 saturated carbocycles. The fourth-order valence-electron chi connectivity index (χ4n) is 5.17. The number of rotatable bonds is 6. The third-order valence-corrected chi connectivity index (χ3v) is 6.42. The summed E-state index contributed by atoms with van der Waals surface area (Å²) in [5, 5.41) is 0. The van der Waals surface area contributed by atoms with Crippen LogP contribution in [0.2, 0.25) is 0 Å². The van der Waals surface area contributed by atoms with Crippen LogP contribution in [0.5, 0.6) is 0 Å². The highest BCUT2D eigenvalue weighted by atomic mass is 19.1. The lowest BCUT2D eigenvalue weighted by molar-refractivity contribution is -0.671. The van der Waals surface area contributed by atoms with E-state index < -0.39 is 0 Å². The Kier molecular flexibility index (Phi) is 5.65. The summed E-state index contributed by atoms with van der Waals surface area (Å²) >= 11 is 0. The van der Waals surface area contributed by atoms with Crippen LogP contribution >= 0.6 is 0 Å². The molecule has 3 aromatic carbocycles. The highest BCUT2D eigenvalue weighted by Crippen LogP contribution is 2.36. The quantitative estimate of drug-likeness (QED) is 0.252. The minimum absolute atomic E-state index is 0.167. The highest BCUT2D eigenvalue weighted by Gasteiger charge is 2.32. The van der Waals surface area contributed by atoms with Gasteiger partial charge in [-0.3, -0.25) is 0 Å². The molecule has 2 nitrogen and oxygen atoms in total. The van der Waals surface area contributed by atoms with E-state index in [-0.39, 0.29) is 5.82 Å². The molecule has 0 spiro atoms. The van der Waals surface area contributed by atoms with Crippen molar-refractivity contribution in [3.8, 4) is 28.2 Å². The topological polar surface area (TPSA) is 8.81 Å². The molecule has 0 radical (unpaired) electrons. The first kappa shape index (κ1) is 21.6. The van der Waals surface area contributed by atoms with Crippen LogP contribution in [0.4, 0.5) is 4.39 Å². The van der Waals surface area contributed by atoms with Gasteiger partial charge in [-0.1, -0.05) is 58.0 Å². The monoisotopic (exact) mass is 439 g/mol. The molecule has 2 heterocycles. The number of nitrogens with zero attached hydrogens (tertiary/aromatic N) is 2. The summed E-state index contributed by atoms with van der Waals surface area (Å²) in [6.07, 6.45) is 6.34. The smallest absolute Gasteiger partial charge is 0.225 e. The number of benzene rings is 3. The van der Waals surface area contributed by atoms with Gasteiger partial charge in [-0.15, -0.1) is 0 Å². The van der Waals surface area contributed by atoms with Crippen molar-refractivity contribution in [1.29, 1.82) is 0 Å². The standard InChI is InChI=1S/C30H32FN2/c1-20(2)14-24-16-23(22-8-6-5-7-9-22)17-25(15-21(3)4)29(24)33-13-12-32-19-26-18-27(31)10-11-28(26)30(32)33/h5-13,16-18,20-21H,14-15,19H2,1-4H3/q+1. The van der Waals surface area contributed by atoms with Crippen molar-refractivity contribution in [2.75, 3.05) is 0 Å². The second-order valence-corrected chi connectivity index (χ2v) is 10.1. The molecule has 4 aromatic rings. The van der Waals surface area contributed by atoms with Gasteiger partial charge >= 0.3 is 0 Å². The zero-order valence-corrected chi connectivity index (χ0v) is 20.0. The summed E-state index contributed by atoms with van der Waals surface area (Å²) in [5.74, 6) is 2.06. The molecule has 0 atom stereocenters. The Bertz CT molecular complexity index is 1270. The average molecular weight is 440 g/mol. The molecule has 33 heavy (non-hydrogen) atoms. The van der Waals surface area contributed by atoms with Crippen molar-refractivity contribution in [2.24, 2.45) is 11.8 Å². The van der Waals surface area contributed by atoms with E-state index in [1.807, 2.05) is 6.07 Å². The Morgan fingerprint density at radius 1 is 0.848 bits per heavy atom. The summed E-state index contributed by atoms with van der Waals surface area (Å²) in [6.45, 7) is 9.86. The Hall–Kier alpha value is -3.20. The van der Waals surface area contributed by atoms with Gasteiger partial charge in [0.1, 0.15) is 30.4 Å². The molecular formula is C30H32FN2+. The summed E-state index contributed by atoms with van der Waals surface area (Å²) in [5.41, 5.74) is 8.75. The number of aromatic nitrogens is 2. The van der Waals surface area contributed by atoms with Crippen LogP contribution < -0.4 is 4.57 Å². The first-order valence-electron chi connectivity index (χ1n) is 12.0. The van der Waals surface area contributed by atoms with E-state index in [0.29, 0.717) is 11.8 Å². The first-order valence-corrected chi connectivity index (χ1v) is 12.0. The summed E-state index contributed by atoms with van der Waals surface area (Å²) in [4.78, 5) is 0. The summed E-state index contributed by atoms with van der Waals surface area (Å²) in [7, 11) is 0. The zero-order chi connectivity index (χ0) is 23.1. The Morgan fingerprint density at radius 3 is 2.15 bits per heavy atom. The van der Waals surface area contributed by atoms with Crippen molar-refractivity contribution in [2.45, 2.75) is 47.1 Å². The average Bonchev–Trinajstić information content (AvgIpc) is 3.32. The molecular weight excluding hydrogens is 407 g/mol. The Labute approximate surface area is 196 Å². The Balaban J connectivity index is 1.75. The van der Waals surface area contributed by atoms with Crippen molar-refractivity contribution >= 4 is 0 Å². The first-order chi connectivity index (χ1) is 15.9. The van der Waals surface area contributed by atoms with E-state index in [0.717, 1.165) is 36.3 Å². The van der Waals surface area contributed by atoms with Crippen molar-refractivity contribution in [1.82, 2.24) is 4.57 Å². The molecule has 0 fully saturated rings. The van der Waals surface area contributed by atoms with Gasteiger partial charge < -0.3 is 0 Å². The highest BCUT2D eigenvalue weighted by molar-refractivity contribution is 5.71. The molecule has 168 valence electrons. The normalized spacial score (nSPS) is 12.5. The molecule has 5 rings (SSSR count). The van der Waals surface area contributed by atoms with E-state index >= 15 is 0 Å². The number of halogens is 1. The van der Waals surface area contributed by atoms with Crippen LogP contribution in [0.3, 0.4) is 0 Å². The number of hydrogen-bond donors (Lipinski definition) is 0. The molecule has 1 aliphatic rings. The van der Waals surface area contributed by atoms with Crippen LogP contribution in [-0.2, 0) is 19.4 Å². The van der Waals surface area contributed by atoms with Gasteiger partial charge in [0.05, 0.1) is 5.56 Å². The molecule has 0 bridgehead atoms. The Morgan fingerprint density at radius 2 is 1.52 bits per heavy atom. The third kappa shape index (κ3) is 4.13. The van der Waals surface area contributed by atoms with Gasteiger partial charge in [-0.05, 0) is 66.1 Å². The predicted molar refractivity (Wildman–Crippen MR) is 133 cm³/mol. The number of hydrogen-bond acceptors (Lipinski definition) is 0. The van der Waals surface area contributed by atoms with E-state index in [9.17, 15) is 4.39 Å². The maximum Gasteiger partial charge on any atom is 0.294 e. The van der Waals surface area contributed by atoms with Crippen LogP contribution in [-0.4, -0.2) is 4.57 Å². The van der Waals surface area contributed by atoms with Gasteiger partial charge in [0.2, 0.25) is 0 Å². The minimum Gasteiger partial charge on any atom is -0.225 e. The van der Waals surface area contributed by atoms with Crippen LogP contribution in [0.15, 0.2) is 73.1 Å². The van der Waals surface area contributed by atoms with Gasteiger partial charge in [0.15, 0.2) is 0 Å². The largest absolute Gasteiger partial charge is 0.294 e. The lowest BCUT2D eigenvalue weighted by Gasteiger charge is -2.18. The molecule has 0 amide bonds. The SMILES string of the molecule is CC(C)Cc1cc(-c2ccccc2)cc(CC(C)C)c1-n1cc[n+]2c1-c1ccc(F)cc1C2. The van der Waals surface area contributed by atoms with E-state index in [1.54, 1.807) is 12.1 Å². The van der Waals surface area contributed by atoms with Crippen LogP contribution in [0, 0.1) is 17.7 Å². The van der Waals surface area contributed by atoms with Gasteiger partial charge in [-0.25, -0.2) is 8.96 Å². The van der Waals surface area contributed by atoms with E-state index in [4.69, 9.17) is 0 Å². The summed E-state index contributed by atoms with van der Waals surface area (Å²) in [6, 6.07) is 20.6. The molecule has 3 heteroatoms. The lowest BCUT2D eigenvalue weighted by atomic mass is 9.90. The molecule has 0 N–H and O–H groups in total. The third-order valence-electron chi connectivity index (χ3n) is 6.42. The van der Waals surface area contributed by atoms with Gasteiger partial charge in [0.25, 0.3) is 5.82 Å². The predicted octanol–water partition coefficient (Wildman–Crippen LogP) is 7.00. The van der Waals surface area contributed by atoms with Crippen molar-refractivity contribution in [3.05, 3.63) is 95.6 Å². The molecule has 0 saturated heterocycles. The van der Waals surface area contributed by atoms with E-state index in [2.05, 4.69) is 91.7 Å². The second kappa shape index (κ2) is 8.62. The molecule has 0 aliphatic carbocycles. The zero-order valence-electron chi connectivity index (χ0n) is 20.0. The molecule has 0 unspecified atom stereocenters. The maximum absolute atomic E-state index is 13.9. The van der Waals surface area contributed by atoms with Crippen LogP contribution in [0.1, 0.15) is 44.4 Å². The van der Waals surface area contributed by atoms with Crippen molar-refractivity contribution < 1.29 is 8.96 Å². The lowest BCUT2D eigenvalue weighted by Crippen LogP contribution is -2.30. The fraction of sp³-hybridized carbons (Fsp3) is 0.300.